The number of aromatic carboxylic acids is 2. The van der Waals surface area contributed by atoms with Crippen LogP contribution in [-0.2, 0) is 16.2 Å². The third-order valence-electron chi connectivity index (χ3n) is 15.7. The number of carbonyl (C=O) groups is 2. The van der Waals surface area contributed by atoms with Gasteiger partial charge in [0, 0.05) is 39.5 Å². The van der Waals surface area contributed by atoms with Gasteiger partial charge in [0.15, 0.2) is 0 Å². The molecule has 0 bridgehead atoms. The molecule has 0 saturated carbocycles. The van der Waals surface area contributed by atoms with Gasteiger partial charge in [-0.2, -0.15) is 0 Å². The third kappa shape index (κ3) is 12.4. The molecule has 75 heavy (non-hydrogen) atoms. The van der Waals surface area contributed by atoms with E-state index in [1.165, 1.54) is 116 Å². The number of benzene rings is 7. The molecule has 0 fully saturated rings. The normalized spacial score (nSPS) is 12.8. The number of rotatable bonds is 23. The molecule has 8 rings (SSSR count). The van der Waals surface area contributed by atoms with E-state index in [2.05, 4.69) is 150 Å². The lowest BCUT2D eigenvalue weighted by atomic mass is 9.69. The Hall–Kier alpha value is -6.92. The highest BCUT2D eigenvalue weighted by Crippen LogP contribution is 2.56. The fourth-order valence-corrected chi connectivity index (χ4v) is 11.3. The summed E-state index contributed by atoms with van der Waals surface area (Å²) in [4.78, 5) is 28.8. The zero-order valence-corrected chi connectivity index (χ0v) is 46.0. The van der Waals surface area contributed by atoms with E-state index in [-0.39, 0.29) is 27.4 Å². The van der Waals surface area contributed by atoms with Crippen LogP contribution in [0.25, 0.3) is 22.3 Å². The first-order chi connectivity index (χ1) is 36.0. The molecule has 0 saturated heterocycles. The van der Waals surface area contributed by atoms with Crippen LogP contribution < -0.4 is 9.80 Å². The second kappa shape index (κ2) is 23.7. The van der Waals surface area contributed by atoms with E-state index in [4.69, 9.17) is 0 Å². The van der Waals surface area contributed by atoms with Crippen LogP contribution >= 0.6 is 0 Å². The van der Waals surface area contributed by atoms with Gasteiger partial charge in [-0.15, -0.1) is 0 Å². The minimum atomic E-state index is -0.989. The van der Waals surface area contributed by atoms with Gasteiger partial charge >= 0.3 is 11.9 Å². The van der Waals surface area contributed by atoms with Crippen molar-refractivity contribution < 1.29 is 19.8 Å². The summed E-state index contributed by atoms with van der Waals surface area (Å²) in [6.45, 7) is 18.2. The Kier molecular flexibility index (Phi) is 17.2. The van der Waals surface area contributed by atoms with Crippen molar-refractivity contribution in [2.45, 2.75) is 162 Å². The van der Waals surface area contributed by atoms with Gasteiger partial charge in [0.2, 0.25) is 0 Å². The largest absolute Gasteiger partial charge is 0.478 e. The summed E-state index contributed by atoms with van der Waals surface area (Å²) < 4.78 is 0. The molecule has 0 amide bonds. The van der Waals surface area contributed by atoms with E-state index in [9.17, 15) is 19.8 Å². The quantitative estimate of drug-likeness (QED) is 0.0622. The SMILES string of the molecule is CCCCCCCCC1(CCCCCCCC)c2cc(-c3ccc(N(c4ccc(N(c5ccc(C(C)(C)C)cc5)c5cccc(C(=O)O)c5)cc4)c4cccc(C(=O)O)c4)cc3)ccc2-c2ccc(C(C)(C)C)cc21. The molecular formula is C69H80N2O4. The molecular weight excluding hydrogens is 921 g/mol. The summed E-state index contributed by atoms with van der Waals surface area (Å²) in [5.41, 5.74) is 16.0. The molecule has 7 aromatic rings. The molecule has 2 N–H and O–H groups in total. The van der Waals surface area contributed by atoms with E-state index in [0.29, 0.717) is 0 Å². The number of hydrogen-bond donors (Lipinski definition) is 2. The second-order valence-electron chi connectivity index (χ2n) is 23.1. The van der Waals surface area contributed by atoms with Gasteiger partial charge in [0.1, 0.15) is 0 Å². The van der Waals surface area contributed by atoms with Gasteiger partial charge in [0.25, 0.3) is 0 Å². The number of carboxylic acid groups (broad SMARTS) is 2. The molecule has 6 nitrogen and oxygen atoms in total. The highest BCUT2D eigenvalue weighted by Gasteiger charge is 2.43. The smallest absolute Gasteiger partial charge is 0.335 e. The maximum Gasteiger partial charge on any atom is 0.335 e. The van der Waals surface area contributed by atoms with E-state index in [0.717, 1.165) is 52.5 Å². The number of unbranched alkanes of at least 4 members (excludes halogenated alkanes) is 10. The van der Waals surface area contributed by atoms with E-state index < -0.39 is 11.9 Å². The van der Waals surface area contributed by atoms with Crippen molar-refractivity contribution in [3.8, 4) is 22.3 Å². The van der Waals surface area contributed by atoms with Gasteiger partial charge in [-0.1, -0.05) is 199 Å². The standard InChI is InChI=1S/C69H80N2O4/c1-9-11-13-15-17-19-43-69(44-20-18-16-14-12-10-2)63-47-50(29-41-61(63)62-42-32-54(48-64(62)69)68(6,7)8)49-27-33-55(34-28-49)70(59-25-21-23-51(45-59)65(72)73)57-37-39-58(40-38-57)71(60-26-22-24-52(46-60)66(74)75)56-35-30-53(31-36-56)67(3,4)5/h21-42,45-48H,9-20,43-44H2,1-8H3,(H,72,73)(H,74,75). The van der Waals surface area contributed by atoms with Crippen LogP contribution in [0.4, 0.5) is 34.1 Å². The molecule has 0 atom stereocenters. The summed E-state index contributed by atoms with van der Waals surface area (Å²) in [6.07, 6.45) is 17.6. The van der Waals surface area contributed by atoms with Crippen molar-refractivity contribution in [2.24, 2.45) is 0 Å². The molecule has 1 aliphatic rings. The number of fused-ring (bicyclic) bond motifs is 3. The van der Waals surface area contributed by atoms with Crippen molar-refractivity contribution in [1.29, 1.82) is 0 Å². The van der Waals surface area contributed by atoms with Crippen molar-refractivity contribution >= 4 is 46.1 Å². The Labute approximate surface area is 448 Å². The molecule has 0 aromatic heterocycles. The van der Waals surface area contributed by atoms with Crippen LogP contribution in [0.5, 0.6) is 0 Å². The Morgan fingerprint density at radius 3 is 1.21 bits per heavy atom. The summed E-state index contributed by atoms with van der Waals surface area (Å²) in [7, 11) is 0. The Balaban J connectivity index is 1.18. The van der Waals surface area contributed by atoms with Crippen LogP contribution in [0.1, 0.15) is 188 Å². The zero-order chi connectivity index (χ0) is 53.3. The van der Waals surface area contributed by atoms with Crippen LogP contribution in [0.2, 0.25) is 0 Å². The van der Waals surface area contributed by atoms with Gasteiger partial charge < -0.3 is 20.0 Å². The molecule has 0 spiro atoms. The second-order valence-corrected chi connectivity index (χ2v) is 23.1. The molecule has 0 heterocycles. The van der Waals surface area contributed by atoms with Crippen molar-refractivity contribution in [3.05, 3.63) is 191 Å². The van der Waals surface area contributed by atoms with E-state index >= 15 is 0 Å². The van der Waals surface area contributed by atoms with Crippen molar-refractivity contribution in [1.82, 2.24) is 0 Å². The zero-order valence-electron chi connectivity index (χ0n) is 46.0. The average Bonchev–Trinajstić information content (AvgIpc) is 3.68. The molecule has 1 aliphatic carbocycles. The lowest BCUT2D eigenvalue weighted by molar-refractivity contribution is 0.0686. The molecule has 0 aliphatic heterocycles. The molecule has 0 radical (unpaired) electrons. The van der Waals surface area contributed by atoms with E-state index in [1.54, 1.807) is 36.4 Å². The van der Waals surface area contributed by atoms with Gasteiger partial charge in [-0.3, -0.25) is 0 Å². The monoisotopic (exact) mass is 1000 g/mol. The van der Waals surface area contributed by atoms with Crippen LogP contribution in [0, 0.1) is 0 Å². The highest BCUT2D eigenvalue weighted by molar-refractivity contribution is 5.92. The predicted molar refractivity (Wildman–Crippen MR) is 315 cm³/mol. The molecule has 0 unspecified atom stereocenters. The van der Waals surface area contributed by atoms with Crippen molar-refractivity contribution in [3.63, 3.8) is 0 Å². The van der Waals surface area contributed by atoms with Gasteiger partial charge in [-0.05, 0) is 159 Å². The Morgan fingerprint density at radius 2 is 0.773 bits per heavy atom. The minimum Gasteiger partial charge on any atom is -0.478 e. The number of anilines is 6. The first-order valence-corrected chi connectivity index (χ1v) is 27.9. The minimum absolute atomic E-state index is 0.0376. The van der Waals surface area contributed by atoms with Gasteiger partial charge in [0.05, 0.1) is 11.1 Å². The third-order valence-corrected chi connectivity index (χ3v) is 15.7. The van der Waals surface area contributed by atoms with Crippen molar-refractivity contribution in [2.75, 3.05) is 9.80 Å². The first-order valence-electron chi connectivity index (χ1n) is 27.9. The fraction of sp³-hybridized carbons (Fsp3) is 0.362. The lowest BCUT2D eigenvalue weighted by Crippen LogP contribution is -2.26. The molecule has 390 valence electrons. The lowest BCUT2D eigenvalue weighted by Gasteiger charge is -2.34. The van der Waals surface area contributed by atoms with Crippen LogP contribution in [0.15, 0.2) is 158 Å². The first kappa shape index (κ1) is 54.3. The maximum absolute atomic E-state index is 12.4. The molecule has 7 aromatic carbocycles. The summed E-state index contributed by atoms with van der Waals surface area (Å²) in [5.74, 6) is -1.98. The topological polar surface area (TPSA) is 81.1 Å². The Morgan fingerprint density at radius 1 is 0.400 bits per heavy atom. The van der Waals surface area contributed by atoms with E-state index in [1.807, 2.05) is 36.4 Å². The highest BCUT2D eigenvalue weighted by atomic mass is 16.4. The summed E-state index contributed by atoms with van der Waals surface area (Å²) >= 11 is 0. The summed E-state index contributed by atoms with van der Waals surface area (Å²) in [5, 5.41) is 20.1. The predicted octanol–water partition coefficient (Wildman–Crippen LogP) is 20.1. The summed E-state index contributed by atoms with van der Waals surface area (Å²) in [6, 6.07) is 54.0. The molecule has 6 heteroatoms. The number of nitrogens with zero attached hydrogens (tertiary/aromatic N) is 2. The Bertz CT molecular complexity index is 3030. The maximum atomic E-state index is 12.4. The van der Waals surface area contributed by atoms with Gasteiger partial charge in [-0.25, -0.2) is 9.59 Å². The fourth-order valence-electron chi connectivity index (χ4n) is 11.3. The average molecular weight is 1000 g/mol. The number of hydrogen-bond acceptors (Lipinski definition) is 4. The van der Waals surface area contributed by atoms with Crippen LogP contribution in [-0.4, -0.2) is 22.2 Å². The van der Waals surface area contributed by atoms with Crippen LogP contribution in [0.3, 0.4) is 0 Å². The number of carboxylic acids is 2.